The van der Waals surface area contributed by atoms with E-state index in [2.05, 4.69) is 15.8 Å². The molecule has 2 aromatic carbocycles. The lowest BCUT2D eigenvalue weighted by Crippen LogP contribution is -2.20. The molecule has 24 heavy (non-hydrogen) atoms. The van der Waals surface area contributed by atoms with E-state index in [1.807, 2.05) is 0 Å². The summed E-state index contributed by atoms with van der Waals surface area (Å²) in [5.41, 5.74) is 3.57. The van der Waals surface area contributed by atoms with Crippen LogP contribution in [0.5, 0.6) is 5.75 Å². The Hall–Kier alpha value is -2.86. The molecule has 0 spiro atoms. The summed E-state index contributed by atoms with van der Waals surface area (Å²) in [5, 5.41) is 16.0. The predicted molar refractivity (Wildman–Crippen MR) is 93.2 cm³/mol. The third-order valence-corrected chi connectivity index (χ3v) is 3.35. The molecule has 0 saturated heterocycles. The van der Waals surface area contributed by atoms with E-state index in [1.165, 1.54) is 18.3 Å². The van der Waals surface area contributed by atoms with Gasteiger partial charge >= 0.3 is 0 Å². The number of hydrogen-bond donors (Lipinski definition) is 3. The maximum Gasteiger partial charge on any atom is 0.240 e. The second-order valence-electron chi connectivity index (χ2n) is 4.91. The second kappa shape index (κ2) is 8.69. The number of rotatable bonds is 6. The molecule has 3 N–H and O–H groups in total. The van der Waals surface area contributed by atoms with Crippen molar-refractivity contribution in [2.75, 3.05) is 5.32 Å². The number of benzene rings is 2. The standard InChI is InChI=1S/C17H16ClN3O3/c18-14-3-1-2-4-15(14)20-16(23)9-10-17(24)21-19-11-12-5-7-13(22)8-6-12/h1-8,11,22H,9-10H2,(H,20,23)(H,21,24). The molecular formula is C17H16ClN3O3. The van der Waals surface area contributed by atoms with E-state index < -0.39 is 0 Å². The molecule has 0 aliphatic heterocycles. The van der Waals surface area contributed by atoms with Crippen molar-refractivity contribution in [3.8, 4) is 5.75 Å². The Balaban J connectivity index is 1.73. The molecule has 0 aliphatic carbocycles. The van der Waals surface area contributed by atoms with Crippen molar-refractivity contribution in [1.29, 1.82) is 0 Å². The van der Waals surface area contributed by atoms with Gasteiger partial charge in [-0.05, 0) is 42.0 Å². The van der Waals surface area contributed by atoms with E-state index in [-0.39, 0.29) is 30.4 Å². The minimum atomic E-state index is -0.376. The van der Waals surface area contributed by atoms with Gasteiger partial charge in [-0.3, -0.25) is 9.59 Å². The van der Waals surface area contributed by atoms with Crippen LogP contribution in [0, 0.1) is 0 Å². The van der Waals surface area contributed by atoms with Crippen LogP contribution < -0.4 is 10.7 Å². The molecule has 2 amide bonds. The number of hydrogen-bond acceptors (Lipinski definition) is 4. The molecule has 0 unspecified atom stereocenters. The molecule has 0 heterocycles. The van der Waals surface area contributed by atoms with Crippen molar-refractivity contribution in [1.82, 2.24) is 5.43 Å². The lowest BCUT2D eigenvalue weighted by Gasteiger charge is -2.06. The monoisotopic (exact) mass is 345 g/mol. The quantitative estimate of drug-likeness (QED) is 0.555. The fourth-order valence-corrected chi connectivity index (χ4v) is 1.98. The molecule has 0 bridgehead atoms. The number of carbonyl (C=O) groups excluding carboxylic acids is 2. The number of hydrazone groups is 1. The van der Waals surface area contributed by atoms with Gasteiger partial charge in [-0.25, -0.2) is 5.43 Å². The minimum Gasteiger partial charge on any atom is -0.508 e. The number of phenols is 1. The van der Waals surface area contributed by atoms with Crippen LogP contribution in [-0.2, 0) is 9.59 Å². The van der Waals surface area contributed by atoms with Gasteiger partial charge in [0.05, 0.1) is 16.9 Å². The first kappa shape index (κ1) is 17.5. The van der Waals surface area contributed by atoms with Crippen LogP contribution in [0.3, 0.4) is 0 Å². The van der Waals surface area contributed by atoms with Crippen LogP contribution in [0.4, 0.5) is 5.69 Å². The molecule has 6 nitrogen and oxygen atoms in total. The molecule has 0 aliphatic rings. The lowest BCUT2D eigenvalue weighted by atomic mass is 10.2. The van der Waals surface area contributed by atoms with Gasteiger partial charge in [0.25, 0.3) is 0 Å². The molecule has 0 saturated carbocycles. The highest BCUT2D eigenvalue weighted by molar-refractivity contribution is 6.33. The Morgan fingerprint density at radius 2 is 1.71 bits per heavy atom. The van der Waals surface area contributed by atoms with Crippen LogP contribution in [-0.4, -0.2) is 23.1 Å². The molecule has 0 radical (unpaired) electrons. The number of aromatic hydroxyl groups is 1. The van der Waals surface area contributed by atoms with Crippen molar-refractivity contribution in [2.24, 2.45) is 5.10 Å². The minimum absolute atomic E-state index is 0.00318. The number of carbonyl (C=O) groups is 2. The van der Waals surface area contributed by atoms with Crippen LogP contribution in [0.2, 0.25) is 5.02 Å². The third-order valence-electron chi connectivity index (χ3n) is 3.02. The van der Waals surface area contributed by atoms with Gasteiger partial charge < -0.3 is 10.4 Å². The zero-order valence-corrected chi connectivity index (χ0v) is 13.5. The number of para-hydroxylation sites is 1. The highest BCUT2D eigenvalue weighted by Gasteiger charge is 2.08. The fourth-order valence-electron chi connectivity index (χ4n) is 1.80. The molecule has 0 aromatic heterocycles. The number of nitrogens with one attached hydrogen (secondary N) is 2. The van der Waals surface area contributed by atoms with Crippen LogP contribution in [0.15, 0.2) is 53.6 Å². The molecule has 2 aromatic rings. The van der Waals surface area contributed by atoms with E-state index in [0.717, 1.165) is 5.56 Å². The van der Waals surface area contributed by atoms with Gasteiger partial charge in [-0.2, -0.15) is 5.10 Å². The highest BCUT2D eigenvalue weighted by atomic mass is 35.5. The highest BCUT2D eigenvalue weighted by Crippen LogP contribution is 2.20. The van der Waals surface area contributed by atoms with Crippen molar-refractivity contribution >= 4 is 35.3 Å². The Morgan fingerprint density at radius 1 is 1.04 bits per heavy atom. The summed E-state index contributed by atoms with van der Waals surface area (Å²) in [4.78, 5) is 23.4. The summed E-state index contributed by atoms with van der Waals surface area (Å²) < 4.78 is 0. The van der Waals surface area contributed by atoms with Gasteiger partial charge in [-0.1, -0.05) is 23.7 Å². The van der Waals surface area contributed by atoms with Crippen LogP contribution >= 0.6 is 11.6 Å². The van der Waals surface area contributed by atoms with E-state index in [0.29, 0.717) is 10.7 Å². The number of nitrogens with zero attached hydrogens (tertiary/aromatic N) is 1. The zero-order valence-electron chi connectivity index (χ0n) is 12.7. The molecule has 7 heteroatoms. The number of phenolic OH excluding ortho intramolecular Hbond substituents is 1. The van der Waals surface area contributed by atoms with Gasteiger partial charge in [0.2, 0.25) is 11.8 Å². The van der Waals surface area contributed by atoms with Crippen molar-refractivity contribution < 1.29 is 14.7 Å². The lowest BCUT2D eigenvalue weighted by molar-refractivity contribution is -0.124. The summed E-state index contributed by atoms with van der Waals surface area (Å²) in [5.74, 6) is -0.527. The van der Waals surface area contributed by atoms with E-state index >= 15 is 0 Å². The van der Waals surface area contributed by atoms with E-state index in [4.69, 9.17) is 16.7 Å². The summed E-state index contributed by atoms with van der Waals surface area (Å²) in [7, 11) is 0. The molecule has 0 atom stereocenters. The Labute approximate surface area is 144 Å². The van der Waals surface area contributed by atoms with Crippen molar-refractivity contribution in [3.63, 3.8) is 0 Å². The number of anilines is 1. The van der Waals surface area contributed by atoms with Crippen molar-refractivity contribution in [2.45, 2.75) is 12.8 Å². The number of amides is 2. The smallest absolute Gasteiger partial charge is 0.240 e. The van der Waals surface area contributed by atoms with E-state index in [1.54, 1.807) is 36.4 Å². The maximum absolute atomic E-state index is 11.8. The summed E-state index contributed by atoms with van der Waals surface area (Å²) >= 11 is 5.94. The van der Waals surface area contributed by atoms with Crippen LogP contribution in [0.25, 0.3) is 0 Å². The summed E-state index contributed by atoms with van der Waals surface area (Å²) in [6.45, 7) is 0. The maximum atomic E-state index is 11.8. The van der Waals surface area contributed by atoms with E-state index in [9.17, 15) is 9.59 Å². The van der Waals surface area contributed by atoms with Gasteiger partial charge in [0, 0.05) is 12.8 Å². The second-order valence-corrected chi connectivity index (χ2v) is 5.32. The Morgan fingerprint density at radius 3 is 2.42 bits per heavy atom. The molecule has 0 fully saturated rings. The largest absolute Gasteiger partial charge is 0.508 e. The Kier molecular flexibility index (Phi) is 6.33. The average molecular weight is 346 g/mol. The normalized spacial score (nSPS) is 10.5. The Bertz CT molecular complexity index is 745. The van der Waals surface area contributed by atoms with Crippen LogP contribution in [0.1, 0.15) is 18.4 Å². The average Bonchev–Trinajstić information content (AvgIpc) is 2.57. The summed E-state index contributed by atoms with van der Waals surface area (Å²) in [6, 6.07) is 13.2. The fraction of sp³-hybridized carbons (Fsp3) is 0.118. The molecule has 124 valence electrons. The predicted octanol–water partition coefficient (Wildman–Crippen LogP) is 2.91. The first-order valence-corrected chi connectivity index (χ1v) is 7.58. The number of halogens is 1. The molecule has 2 rings (SSSR count). The first-order valence-electron chi connectivity index (χ1n) is 7.20. The first-order chi connectivity index (χ1) is 11.5. The summed E-state index contributed by atoms with van der Waals surface area (Å²) in [6.07, 6.45) is 1.47. The topological polar surface area (TPSA) is 90.8 Å². The SMILES string of the molecule is O=C(CCC(=O)Nc1ccccc1Cl)NN=Cc1ccc(O)cc1. The zero-order chi connectivity index (χ0) is 17.4. The third kappa shape index (κ3) is 5.73. The van der Waals surface area contributed by atoms with Gasteiger partial charge in [0.15, 0.2) is 0 Å². The van der Waals surface area contributed by atoms with Crippen molar-refractivity contribution in [3.05, 3.63) is 59.1 Å². The molecular weight excluding hydrogens is 330 g/mol. The van der Waals surface area contributed by atoms with Gasteiger partial charge in [0.1, 0.15) is 5.75 Å². The van der Waals surface area contributed by atoms with Gasteiger partial charge in [-0.15, -0.1) is 0 Å².